The molecule has 6 rings (SSSR count). The van der Waals surface area contributed by atoms with Crippen molar-refractivity contribution in [3.05, 3.63) is 112 Å². The van der Waals surface area contributed by atoms with Gasteiger partial charge >= 0.3 is 0 Å². The third-order valence-electron chi connectivity index (χ3n) is 7.62. The van der Waals surface area contributed by atoms with Crippen molar-refractivity contribution in [2.24, 2.45) is 0 Å². The predicted molar refractivity (Wildman–Crippen MR) is 165 cm³/mol. The van der Waals surface area contributed by atoms with Crippen LogP contribution in [0, 0.1) is 10.1 Å². The van der Waals surface area contributed by atoms with Crippen LogP contribution in [0.5, 0.6) is 5.75 Å². The van der Waals surface area contributed by atoms with Gasteiger partial charge in [0.05, 0.1) is 28.4 Å². The van der Waals surface area contributed by atoms with E-state index in [1.165, 1.54) is 16.4 Å². The fourth-order valence-corrected chi connectivity index (χ4v) is 7.25. The van der Waals surface area contributed by atoms with Crippen LogP contribution in [0.25, 0.3) is 28.0 Å². The molecule has 0 aliphatic carbocycles. The molecule has 0 amide bonds. The van der Waals surface area contributed by atoms with Gasteiger partial charge in [0, 0.05) is 56.6 Å². The molecule has 1 aliphatic rings. The number of nitro benzene ring substituents is 1. The minimum Gasteiger partial charge on any atom is -0.497 e. The highest BCUT2D eigenvalue weighted by Crippen LogP contribution is 2.32. The number of halogens is 1. The predicted octanol–water partition coefficient (Wildman–Crippen LogP) is 5.75. The molecule has 0 saturated carbocycles. The molecule has 0 atom stereocenters. The average Bonchev–Trinajstić information content (AvgIpc) is 3.39. The van der Waals surface area contributed by atoms with Crippen molar-refractivity contribution in [2.75, 3.05) is 33.3 Å². The summed E-state index contributed by atoms with van der Waals surface area (Å²) in [5, 5.41) is 11.2. The first kappa shape index (κ1) is 28.8. The van der Waals surface area contributed by atoms with Gasteiger partial charge in [-0.05, 0) is 41.5 Å². The maximum Gasteiger partial charge on any atom is 0.270 e. The molecule has 2 aromatic heterocycles. The molecule has 0 N–H and O–H groups in total. The molecule has 10 nitrogen and oxygen atoms in total. The molecule has 220 valence electrons. The van der Waals surface area contributed by atoms with Crippen molar-refractivity contribution in [2.45, 2.75) is 11.4 Å². The molecular weight excluding hydrogens is 590 g/mol. The van der Waals surface area contributed by atoms with E-state index in [1.54, 1.807) is 7.11 Å². The van der Waals surface area contributed by atoms with E-state index in [2.05, 4.69) is 33.7 Å². The Kier molecular flexibility index (Phi) is 7.89. The summed E-state index contributed by atoms with van der Waals surface area (Å²) in [4.78, 5) is 17.5. The number of hydrogen-bond donors (Lipinski definition) is 0. The minimum atomic E-state index is -4.03. The Morgan fingerprint density at radius 2 is 1.65 bits per heavy atom. The molecule has 0 unspecified atom stereocenters. The highest BCUT2D eigenvalue weighted by molar-refractivity contribution is 7.89. The van der Waals surface area contributed by atoms with E-state index in [-0.39, 0.29) is 28.7 Å². The third-order valence-corrected chi connectivity index (χ3v) is 10.00. The standard InChI is InChI=1S/C31H28ClN5O5S/c1-42-26-9-5-8-23(18-26)31-28(36-20-24(10-13-30(36)33-31)22-6-3-2-4-7-22)21-34-14-16-35(17-15-34)43(40,41)29-19-25(37(38)39)11-12-27(29)32/h2-13,18-20H,14-17,21H2,1H3. The molecule has 1 saturated heterocycles. The van der Waals surface area contributed by atoms with E-state index < -0.39 is 14.9 Å². The second-order valence-electron chi connectivity index (χ2n) is 10.2. The van der Waals surface area contributed by atoms with Crippen LogP contribution in [0.3, 0.4) is 0 Å². The molecular formula is C31H28ClN5O5S. The number of piperazine rings is 1. The number of nitrogens with zero attached hydrogens (tertiary/aromatic N) is 5. The number of benzene rings is 3. The lowest BCUT2D eigenvalue weighted by Gasteiger charge is -2.34. The number of non-ortho nitro benzene ring substituents is 1. The first-order valence-electron chi connectivity index (χ1n) is 13.6. The number of nitro groups is 1. The summed E-state index contributed by atoms with van der Waals surface area (Å²) in [5.74, 6) is 0.726. The minimum absolute atomic E-state index is 0.0455. The van der Waals surface area contributed by atoms with E-state index in [4.69, 9.17) is 21.3 Å². The molecule has 3 heterocycles. The van der Waals surface area contributed by atoms with Crippen LogP contribution in [0.4, 0.5) is 5.69 Å². The quantitative estimate of drug-likeness (QED) is 0.161. The Labute approximate surface area is 253 Å². The molecule has 1 fully saturated rings. The van der Waals surface area contributed by atoms with Crippen molar-refractivity contribution < 1.29 is 18.1 Å². The first-order valence-corrected chi connectivity index (χ1v) is 15.4. The smallest absolute Gasteiger partial charge is 0.270 e. The Hall–Kier alpha value is -4.29. The normalized spacial score (nSPS) is 14.7. The van der Waals surface area contributed by atoms with Crippen LogP contribution in [0.15, 0.2) is 96.0 Å². The van der Waals surface area contributed by atoms with Gasteiger partial charge in [-0.3, -0.25) is 15.0 Å². The highest BCUT2D eigenvalue weighted by Gasteiger charge is 2.32. The van der Waals surface area contributed by atoms with Crippen molar-refractivity contribution in [3.63, 3.8) is 0 Å². The molecule has 0 spiro atoms. The molecule has 0 radical (unpaired) electrons. The summed E-state index contributed by atoms with van der Waals surface area (Å²) in [6.07, 6.45) is 2.09. The zero-order valence-electron chi connectivity index (χ0n) is 23.3. The molecule has 0 bridgehead atoms. The van der Waals surface area contributed by atoms with Crippen LogP contribution in [0.2, 0.25) is 5.02 Å². The van der Waals surface area contributed by atoms with Crippen molar-refractivity contribution in [1.82, 2.24) is 18.6 Å². The topological polar surface area (TPSA) is 110 Å². The summed E-state index contributed by atoms with van der Waals surface area (Å²) in [7, 11) is -2.40. The number of ether oxygens (including phenoxy) is 1. The molecule has 5 aromatic rings. The largest absolute Gasteiger partial charge is 0.497 e. The van der Waals surface area contributed by atoms with Gasteiger partial charge in [0.2, 0.25) is 10.0 Å². The number of pyridine rings is 1. The lowest BCUT2D eigenvalue weighted by Crippen LogP contribution is -2.48. The maximum absolute atomic E-state index is 13.4. The number of imidazole rings is 1. The fourth-order valence-electron chi connectivity index (χ4n) is 5.33. The molecule has 1 aliphatic heterocycles. The van der Waals surface area contributed by atoms with Crippen molar-refractivity contribution >= 4 is 33.0 Å². The summed E-state index contributed by atoms with van der Waals surface area (Å²) in [5.41, 5.74) is 5.32. The van der Waals surface area contributed by atoms with E-state index in [1.807, 2.05) is 48.5 Å². The Morgan fingerprint density at radius 3 is 2.37 bits per heavy atom. The number of methoxy groups -OCH3 is 1. The zero-order chi connectivity index (χ0) is 30.1. The van der Waals surface area contributed by atoms with Gasteiger partial charge in [-0.25, -0.2) is 13.4 Å². The summed E-state index contributed by atoms with van der Waals surface area (Å²) < 4.78 is 35.8. The summed E-state index contributed by atoms with van der Waals surface area (Å²) >= 11 is 6.18. The first-order chi connectivity index (χ1) is 20.7. The Bertz CT molecular complexity index is 1920. The number of aromatic nitrogens is 2. The van der Waals surface area contributed by atoms with Gasteiger partial charge in [0.25, 0.3) is 5.69 Å². The second-order valence-corrected chi connectivity index (χ2v) is 12.5. The van der Waals surface area contributed by atoms with Gasteiger partial charge in [-0.15, -0.1) is 0 Å². The van der Waals surface area contributed by atoms with Crippen LogP contribution >= 0.6 is 11.6 Å². The fraction of sp³-hybridized carbons (Fsp3) is 0.194. The Morgan fingerprint density at radius 1 is 0.907 bits per heavy atom. The van der Waals surface area contributed by atoms with E-state index >= 15 is 0 Å². The van der Waals surface area contributed by atoms with E-state index in [0.717, 1.165) is 45.5 Å². The Balaban J connectivity index is 1.31. The number of fused-ring (bicyclic) bond motifs is 1. The van der Waals surface area contributed by atoms with Crippen LogP contribution in [-0.4, -0.2) is 65.2 Å². The van der Waals surface area contributed by atoms with Crippen LogP contribution < -0.4 is 4.74 Å². The molecule has 43 heavy (non-hydrogen) atoms. The van der Waals surface area contributed by atoms with Gasteiger partial charge in [0.15, 0.2) is 0 Å². The van der Waals surface area contributed by atoms with Gasteiger partial charge < -0.3 is 9.14 Å². The van der Waals surface area contributed by atoms with Crippen LogP contribution in [0.1, 0.15) is 5.69 Å². The maximum atomic E-state index is 13.4. The van der Waals surface area contributed by atoms with Crippen molar-refractivity contribution in [1.29, 1.82) is 0 Å². The third kappa shape index (κ3) is 5.72. The highest BCUT2D eigenvalue weighted by atomic mass is 35.5. The summed E-state index contributed by atoms with van der Waals surface area (Å²) in [6, 6.07) is 25.4. The van der Waals surface area contributed by atoms with Gasteiger partial charge in [-0.1, -0.05) is 54.1 Å². The van der Waals surface area contributed by atoms with Crippen molar-refractivity contribution in [3.8, 4) is 28.1 Å². The summed E-state index contributed by atoms with van der Waals surface area (Å²) in [6.45, 7) is 1.85. The molecule has 3 aromatic carbocycles. The number of rotatable bonds is 8. The number of hydrogen-bond acceptors (Lipinski definition) is 7. The zero-order valence-corrected chi connectivity index (χ0v) is 24.8. The van der Waals surface area contributed by atoms with E-state index in [0.29, 0.717) is 19.6 Å². The average molecular weight is 618 g/mol. The number of sulfonamides is 1. The molecule has 12 heteroatoms. The van der Waals surface area contributed by atoms with Gasteiger partial charge in [-0.2, -0.15) is 4.31 Å². The van der Waals surface area contributed by atoms with E-state index in [9.17, 15) is 18.5 Å². The monoisotopic (exact) mass is 617 g/mol. The van der Waals surface area contributed by atoms with Crippen LogP contribution in [-0.2, 0) is 16.6 Å². The van der Waals surface area contributed by atoms with Gasteiger partial charge in [0.1, 0.15) is 16.3 Å². The second kappa shape index (κ2) is 11.8. The SMILES string of the molecule is COc1cccc(-c2nc3ccc(-c4ccccc4)cn3c2CN2CCN(S(=O)(=O)c3cc([N+](=O)[O-])ccc3Cl)CC2)c1. The lowest BCUT2D eigenvalue weighted by atomic mass is 10.1. The lowest BCUT2D eigenvalue weighted by molar-refractivity contribution is -0.385.